The van der Waals surface area contributed by atoms with E-state index < -0.39 is 11.9 Å². The van der Waals surface area contributed by atoms with Crippen LogP contribution in [-0.2, 0) is 13.1 Å². The lowest BCUT2D eigenvalue weighted by Crippen LogP contribution is -2.30. The quantitative estimate of drug-likeness (QED) is 0.549. The SMILES string of the molecule is CCCCCCn1nc(C(=O)NCc2ccc(C(=O)[O-])cc2)c2ccccc2c1=O. The monoisotopic (exact) mass is 406 g/mol. The van der Waals surface area contributed by atoms with Crippen LogP contribution in [0.2, 0.25) is 0 Å². The summed E-state index contributed by atoms with van der Waals surface area (Å²) in [6.45, 7) is 2.79. The fraction of sp³-hybridized carbons (Fsp3) is 0.304. The molecule has 3 aromatic rings. The van der Waals surface area contributed by atoms with E-state index in [0.29, 0.717) is 17.3 Å². The fourth-order valence-corrected chi connectivity index (χ4v) is 3.27. The van der Waals surface area contributed by atoms with Gasteiger partial charge in [0, 0.05) is 18.5 Å². The summed E-state index contributed by atoms with van der Waals surface area (Å²) in [6, 6.07) is 13.1. The minimum Gasteiger partial charge on any atom is -0.545 e. The Hall–Kier alpha value is -3.48. The molecule has 1 amide bonds. The smallest absolute Gasteiger partial charge is 0.274 e. The van der Waals surface area contributed by atoms with Crippen molar-refractivity contribution in [1.29, 1.82) is 0 Å². The number of nitrogens with zero attached hydrogens (tertiary/aromatic N) is 2. The van der Waals surface area contributed by atoms with Crippen LogP contribution < -0.4 is 16.0 Å². The van der Waals surface area contributed by atoms with Gasteiger partial charge in [-0.15, -0.1) is 0 Å². The van der Waals surface area contributed by atoms with Crippen molar-refractivity contribution in [3.8, 4) is 0 Å². The molecule has 0 saturated heterocycles. The van der Waals surface area contributed by atoms with Gasteiger partial charge in [0.2, 0.25) is 0 Å². The Balaban J connectivity index is 1.82. The van der Waals surface area contributed by atoms with Crippen LogP contribution in [-0.4, -0.2) is 21.7 Å². The summed E-state index contributed by atoms with van der Waals surface area (Å²) in [5, 5.41) is 19.0. The number of nitrogens with one attached hydrogen (secondary N) is 1. The Kier molecular flexibility index (Phi) is 6.95. The first kappa shape index (κ1) is 21.2. The zero-order valence-electron chi connectivity index (χ0n) is 16.9. The second-order valence-corrected chi connectivity index (χ2v) is 7.15. The van der Waals surface area contributed by atoms with Crippen molar-refractivity contribution in [2.24, 2.45) is 0 Å². The molecule has 156 valence electrons. The number of hydrogen-bond acceptors (Lipinski definition) is 5. The van der Waals surface area contributed by atoms with Gasteiger partial charge >= 0.3 is 0 Å². The lowest BCUT2D eigenvalue weighted by molar-refractivity contribution is -0.255. The Morgan fingerprint density at radius 1 is 1.00 bits per heavy atom. The van der Waals surface area contributed by atoms with Crippen LogP contribution in [0.3, 0.4) is 0 Å². The molecule has 0 spiro atoms. The number of unbranched alkanes of at least 4 members (excludes halogenated alkanes) is 3. The van der Waals surface area contributed by atoms with Gasteiger partial charge < -0.3 is 15.2 Å². The summed E-state index contributed by atoms with van der Waals surface area (Å²) in [6.07, 6.45) is 4.01. The third-order valence-electron chi connectivity index (χ3n) is 4.95. The maximum atomic E-state index is 12.9. The Labute approximate surface area is 174 Å². The van der Waals surface area contributed by atoms with Crippen LogP contribution in [0.4, 0.5) is 0 Å². The molecule has 0 bridgehead atoms. The molecule has 0 saturated carbocycles. The molecule has 0 fully saturated rings. The number of carbonyl (C=O) groups is 2. The zero-order valence-corrected chi connectivity index (χ0v) is 16.9. The molecule has 0 radical (unpaired) electrons. The zero-order chi connectivity index (χ0) is 21.5. The van der Waals surface area contributed by atoms with Crippen molar-refractivity contribution in [3.05, 3.63) is 75.7 Å². The van der Waals surface area contributed by atoms with E-state index in [9.17, 15) is 19.5 Å². The summed E-state index contributed by atoms with van der Waals surface area (Å²) in [5.41, 5.74) is 0.821. The van der Waals surface area contributed by atoms with Crippen molar-refractivity contribution >= 4 is 22.6 Å². The normalized spacial score (nSPS) is 10.8. The molecule has 30 heavy (non-hydrogen) atoms. The topological polar surface area (TPSA) is 104 Å². The molecule has 0 aliphatic carbocycles. The highest BCUT2D eigenvalue weighted by Gasteiger charge is 2.16. The van der Waals surface area contributed by atoms with Crippen LogP contribution in [0.1, 0.15) is 59.0 Å². The second-order valence-electron chi connectivity index (χ2n) is 7.15. The molecule has 1 aromatic heterocycles. The second kappa shape index (κ2) is 9.82. The Morgan fingerprint density at radius 2 is 1.70 bits per heavy atom. The van der Waals surface area contributed by atoms with Crippen LogP contribution in [0, 0.1) is 0 Å². The number of carbonyl (C=O) groups excluding carboxylic acids is 2. The van der Waals surface area contributed by atoms with E-state index >= 15 is 0 Å². The summed E-state index contributed by atoms with van der Waals surface area (Å²) in [4.78, 5) is 36.4. The van der Waals surface area contributed by atoms with Gasteiger partial charge in [-0.25, -0.2) is 4.68 Å². The van der Waals surface area contributed by atoms with Crippen molar-refractivity contribution in [1.82, 2.24) is 15.1 Å². The Morgan fingerprint density at radius 3 is 2.37 bits per heavy atom. The van der Waals surface area contributed by atoms with E-state index in [-0.39, 0.29) is 23.4 Å². The first-order valence-corrected chi connectivity index (χ1v) is 10.1. The van der Waals surface area contributed by atoms with E-state index in [4.69, 9.17) is 0 Å². The number of hydrogen-bond donors (Lipinski definition) is 1. The lowest BCUT2D eigenvalue weighted by Gasteiger charge is -2.12. The number of amides is 1. The van der Waals surface area contributed by atoms with Crippen molar-refractivity contribution in [3.63, 3.8) is 0 Å². The predicted octanol–water partition coefficient (Wildman–Crippen LogP) is 2.27. The molecule has 0 atom stereocenters. The molecule has 1 heterocycles. The molecule has 2 aromatic carbocycles. The number of aryl methyl sites for hydroxylation is 1. The van der Waals surface area contributed by atoms with Crippen molar-refractivity contribution in [2.45, 2.75) is 45.7 Å². The largest absolute Gasteiger partial charge is 0.545 e. The molecule has 1 N–H and O–H groups in total. The summed E-state index contributed by atoms with van der Waals surface area (Å²) in [5.74, 6) is -1.64. The third kappa shape index (κ3) is 4.92. The highest BCUT2D eigenvalue weighted by Crippen LogP contribution is 2.14. The highest BCUT2D eigenvalue weighted by atomic mass is 16.4. The number of rotatable bonds is 9. The molecule has 3 rings (SSSR count). The summed E-state index contributed by atoms with van der Waals surface area (Å²) >= 11 is 0. The van der Waals surface area contributed by atoms with Gasteiger partial charge in [0.25, 0.3) is 11.5 Å². The van der Waals surface area contributed by atoms with E-state index in [1.165, 1.54) is 16.8 Å². The van der Waals surface area contributed by atoms with Crippen LogP contribution in [0.25, 0.3) is 10.8 Å². The average molecular weight is 406 g/mol. The van der Waals surface area contributed by atoms with Crippen LogP contribution >= 0.6 is 0 Å². The van der Waals surface area contributed by atoms with Crippen LogP contribution in [0.5, 0.6) is 0 Å². The standard InChI is InChI=1S/C23H25N3O4/c1-2-3-4-7-14-26-22(28)19-9-6-5-8-18(19)20(25-26)21(27)24-15-16-10-12-17(13-11-16)23(29)30/h5-6,8-13H,2-4,7,14-15H2,1H3,(H,24,27)(H,29,30)/p-1. The van der Waals surface area contributed by atoms with Gasteiger partial charge in [0.15, 0.2) is 5.69 Å². The van der Waals surface area contributed by atoms with Gasteiger partial charge in [-0.1, -0.05) is 68.7 Å². The van der Waals surface area contributed by atoms with Gasteiger partial charge in [0.05, 0.1) is 11.4 Å². The van der Waals surface area contributed by atoms with Crippen LogP contribution in [0.15, 0.2) is 53.3 Å². The van der Waals surface area contributed by atoms with Gasteiger partial charge in [-0.2, -0.15) is 5.10 Å². The molecule has 0 aliphatic rings. The number of aromatic carboxylic acids is 1. The van der Waals surface area contributed by atoms with Crippen molar-refractivity contribution in [2.75, 3.05) is 0 Å². The first-order valence-electron chi connectivity index (χ1n) is 10.1. The molecule has 7 heteroatoms. The lowest BCUT2D eigenvalue weighted by atomic mass is 10.1. The van der Waals surface area contributed by atoms with E-state index in [1.807, 2.05) is 0 Å². The molecular weight excluding hydrogens is 382 g/mol. The number of fused-ring (bicyclic) bond motifs is 1. The maximum Gasteiger partial charge on any atom is 0.274 e. The minimum absolute atomic E-state index is 0.0767. The minimum atomic E-state index is -1.25. The molecular formula is C23H24N3O4-. The van der Waals surface area contributed by atoms with E-state index in [1.54, 1.807) is 36.4 Å². The molecule has 0 aliphatic heterocycles. The number of carboxylic acids is 1. The summed E-state index contributed by atoms with van der Waals surface area (Å²) < 4.78 is 1.38. The van der Waals surface area contributed by atoms with Crippen molar-refractivity contribution < 1.29 is 14.7 Å². The van der Waals surface area contributed by atoms with Gasteiger partial charge in [-0.3, -0.25) is 9.59 Å². The first-order chi connectivity index (χ1) is 14.5. The van der Waals surface area contributed by atoms with E-state index in [0.717, 1.165) is 31.2 Å². The highest BCUT2D eigenvalue weighted by molar-refractivity contribution is 6.04. The number of benzene rings is 2. The fourth-order valence-electron chi connectivity index (χ4n) is 3.27. The Bertz CT molecular complexity index is 1100. The molecule has 0 unspecified atom stereocenters. The summed E-state index contributed by atoms with van der Waals surface area (Å²) in [7, 11) is 0. The van der Waals surface area contributed by atoms with Gasteiger partial charge in [0.1, 0.15) is 0 Å². The average Bonchev–Trinajstić information content (AvgIpc) is 2.76. The van der Waals surface area contributed by atoms with Gasteiger partial charge in [-0.05, 0) is 23.6 Å². The molecule has 7 nitrogen and oxygen atoms in total. The van der Waals surface area contributed by atoms with E-state index in [2.05, 4.69) is 17.3 Å². The third-order valence-corrected chi connectivity index (χ3v) is 4.95. The predicted molar refractivity (Wildman–Crippen MR) is 112 cm³/mol. The number of carboxylic acid groups (broad SMARTS) is 1. The maximum absolute atomic E-state index is 12.9. The number of aromatic nitrogens is 2.